The monoisotopic (exact) mass is 363 g/mol. The smallest absolute Gasteiger partial charge is 0.255 e. The summed E-state index contributed by atoms with van der Waals surface area (Å²) in [6, 6.07) is 13.7. The standard InChI is InChI=1S/C22H25N3O2/c1-3-20-19-12-11-15(13-21(19)25(24-20)17-8-4-5-9-17)22(26)23-16-7-6-10-18(14-16)27-2/h6-7,10-14,17H,3-5,8-9H2,1-2H3,(H,23,26). The summed E-state index contributed by atoms with van der Waals surface area (Å²) in [6.45, 7) is 2.13. The van der Waals surface area contributed by atoms with Gasteiger partial charge in [0, 0.05) is 22.7 Å². The van der Waals surface area contributed by atoms with Crippen molar-refractivity contribution in [3.63, 3.8) is 0 Å². The van der Waals surface area contributed by atoms with E-state index in [1.165, 1.54) is 25.7 Å². The summed E-state index contributed by atoms with van der Waals surface area (Å²) in [6.07, 6.45) is 5.74. The van der Waals surface area contributed by atoms with Crippen molar-refractivity contribution >= 4 is 22.5 Å². The number of carbonyl (C=O) groups is 1. The molecule has 3 aromatic rings. The molecule has 0 unspecified atom stereocenters. The van der Waals surface area contributed by atoms with E-state index >= 15 is 0 Å². The molecule has 2 aromatic carbocycles. The highest BCUT2D eigenvalue weighted by molar-refractivity contribution is 6.06. The van der Waals surface area contributed by atoms with Crippen molar-refractivity contribution in [1.29, 1.82) is 0 Å². The number of methoxy groups -OCH3 is 1. The van der Waals surface area contributed by atoms with E-state index in [1.807, 2.05) is 42.5 Å². The first-order valence-corrected chi connectivity index (χ1v) is 9.66. The van der Waals surface area contributed by atoms with Gasteiger partial charge in [0.15, 0.2) is 0 Å². The third kappa shape index (κ3) is 3.42. The van der Waals surface area contributed by atoms with Crippen molar-refractivity contribution in [2.24, 2.45) is 0 Å². The topological polar surface area (TPSA) is 56.2 Å². The molecule has 27 heavy (non-hydrogen) atoms. The highest BCUT2D eigenvalue weighted by Crippen LogP contribution is 2.33. The fourth-order valence-corrected chi connectivity index (χ4v) is 3.94. The van der Waals surface area contributed by atoms with Crippen molar-refractivity contribution < 1.29 is 9.53 Å². The molecular weight excluding hydrogens is 338 g/mol. The van der Waals surface area contributed by atoms with Crippen LogP contribution in [0.15, 0.2) is 42.5 Å². The number of nitrogens with zero attached hydrogens (tertiary/aromatic N) is 2. The summed E-state index contributed by atoms with van der Waals surface area (Å²) in [5.41, 5.74) is 3.54. The lowest BCUT2D eigenvalue weighted by atomic mass is 10.1. The highest BCUT2D eigenvalue weighted by atomic mass is 16.5. The van der Waals surface area contributed by atoms with Crippen LogP contribution in [0.2, 0.25) is 0 Å². The molecule has 4 rings (SSSR count). The number of aryl methyl sites for hydroxylation is 1. The van der Waals surface area contributed by atoms with Gasteiger partial charge >= 0.3 is 0 Å². The predicted molar refractivity (Wildman–Crippen MR) is 108 cm³/mol. The van der Waals surface area contributed by atoms with Gasteiger partial charge in [0.2, 0.25) is 0 Å². The largest absolute Gasteiger partial charge is 0.497 e. The summed E-state index contributed by atoms with van der Waals surface area (Å²) in [4.78, 5) is 12.8. The number of hydrogen-bond donors (Lipinski definition) is 1. The minimum absolute atomic E-state index is 0.123. The zero-order valence-corrected chi connectivity index (χ0v) is 15.9. The van der Waals surface area contributed by atoms with Crippen LogP contribution in [0.5, 0.6) is 5.75 Å². The number of aromatic nitrogens is 2. The lowest BCUT2D eigenvalue weighted by Gasteiger charge is -2.12. The number of fused-ring (bicyclic) bond motifs is 1. The Labute approximate surface area is 159 Å². The summed E-state index contributed by atoms with van der Waals surface area (Å²) < 4.78 is 7.38. The van der Waals surface area contributed by atoms with Gasteiger partial charge in [0.25, 0.3) is 5.91 Å². The molecule has 1 amide bonds. The van der Waals surface area contributed by atoms with Gasteiger partial charge in [-0.1, -0.05) is 31.9 Å². The Balaban J connectivity index is 1.67. The molecule has 140 valence electrons. The second-order valence-electron chi connectivity index (χ2n) is 7.10. The minimum atomic E-state index is -0.123. The van der Waals surface area contributed by atoms with Crippen LogP contribution in [0, 0.1) is 0 Å². The van der Waals surface area contributed by atoms with Crippen molar-refractivity contribution in [2.45, 2.75) is 45.1 Å². The van der Waals surface area contributed by atoms with Gasteiger partial charge in [-0.2, -0.15) is 5.10 Å². The first-order valence-electron chi connectivity index (χ1n) is 9.66. The highest BCUT2D eigenvalue weighted by Gasteiger charge is 2.22. The maximum Gasteiger partial charge on any atom is 0.255 e. The molecule has 0 aliphatic heterocycles. The average Bonchev–Trinajstić information content (AvgIpc) is 3.35. The molecule has 1 aliphatic rings. The van der Waals surface area contributed by atoms with Crippen LogP contribution >= 0.6 is 0 Å². The molecule has 0 saturated heterocycles. The number of carbonyl (C=O) groups excluding carboxylic acids is 1. The number of rotatable bonds is 5. The Hall–Kier alpha value is -2.82. The van der Waals surface area contributed by atoms with Gasteiger partial charge < -0.3 is 10.1 Å². The fraction of sp³-hybridized carbons (Fsp3) is 0.364. The van der Waals surface area contributed by atoms with Crippen LogP contribution < -0.4 is 10.1 Å². The van der Waals surface area contributed by atoms with E-state index in [0.717, 1.165) is 34.5 Å². The zero-order valence-electron chi connectivity index (χ0n) is 15.9. The minimum Gasteiger partial charge on any atom is -0.497 e. The molecule has 1 saturated carbocycles. The fourth-order valence-electron chi connectivity index (χ4n) is 3.94. The lowest BCUT2D eigenvalue weighted by molar-refractivity contribution is 0.102. The van der Waals surface area contributed by atoms with E-state index in [2.05, 4.69) is 16.9 Å². The van der Waals surface area contributed by atoms with Crippen LogP contribution in [-0.2, 0) is 6.42 Å². The summed E-state index contributed by atoms with van der Waals surface area (Å²) >= 11 is 0. The Kier molecular flexibility index (Phi) is 4.84. The van der Waals surface area contributed by atoms with Gasteiger partial charge in [0.05, 0.1) is 24.4 Å². The quantitative estimate of drug-likeness (QED) is 0.696. The van der Waals surface area contributed by atoms with Crippen molar-refractivity contribution in [3.8, 4) is 5.75 Å². The molecule has 0 radical (unpaired) electrons. The summed E-state index contributed by atoms with van der Waals surface area (Å²) in [7, 11) is 1.62. The van der Waals surface area contributed by atoms with E-state index in [0.29, 0.717) is 11.6 Å². The maximum atomic E-state index is 12.8. The first-order chi connectivity index (χ1) is 13.2. The van der Waals surface area contributed by atoms with E-state index in [1.54, 1.807) is 7.11 Å². The second-order valence-corrected chi connectivity index (χ2v) is 7.10. The number of benzene rings is 2. The molecule has 5 heteroatoms. The first kappa shape index (κ1) is 17.6. The normalized spacial score (nSPS) is 14.6. The van der Waals surface area contributed by atoms with Gasteiger partial charge in [-0.3, -0.25) is 9.48 Å². The Morgan fingerprint density at radius 2 is 2.04 bits per heavy atom. The Bertz CT molecular complexity index is 971. The number of ether oxygens (including phenoxy) is 1. The van der Waals surface area contributed by atoms with Gasteiger partial charge in [-0.15, -0.1) is 0 Å². The molecule has 0 spiro atoms. The lowest BCUT2D eigenvalue weighted by Crippen LogP contribution is -2.12. The molecule has 0 bridgehead atoms. The predicted octanol–water partition coefficient (Wildman–Crippen LogP) is 4.97. The van der Waals surface area contributed by atoms with E-state index in [4.69, 9.17) is 9.84 Å². The van der Waals surface area contributed by atoms with Crippen molar-refractivity contribution in [2.75, 3.05) is 12.4 Å². The van der Waals surface area contributed by atoms with Crippen LogP contribution in [0.1, 0.15) is 54.7 Å². The Morgan fingerprint density at radius 3 is 2.78 bits per heavy atom. The summed E-state index contributed by atoms with van der Waals surface area (Å²) in [5, 5.41) is 8.98. The van der Waals surface area contributed by atoms with Crippen LogP contribution in [-0.4, -0.2) is 22.8 Å². The molecular formula is C22H25N3O2. The van der Waals surface area contributed by atoms with Crippen LogP contribution in [0.3, 0.4) is 0 Å². The molecule has 5 nitrogen and oxygen atoms in total. The molecule has 1 heterocycles. The number of hydrogen-bond acceptors (Lipinski definition) is 3. The summed E-state index contributed by atoms with van der Waals surface area (Å²) in [5.74, 6) is 0.595. The molecule has 1 N–H and O–H groups in total. The third-order valence-corrected chi connectivity index (χ3v) is 5.38. The average molecular weight is 363 g/mol. The maximum absolute atomic E-state index is 12.8. The second kappa shape index (κ2) is 7.43. The van der Waals surface area contributed by atoms with Gasteiger partial charge in [-0.25, -0.2) is 0 Å². The van der Waals surface area contributed by atoms with E-state index in [-0.39, 0.29) is 5.91 Å². The Morgan fingerprint density at radius 1 is 1.22 bits per heavy atom. The van der Waals surface area contributed by atoms with Crippen LogP contribution in [0.4, 0.5) is 5.69 Å². The molecule has 1 aliphatic carbocycles. The number of anilines is 1. The van der Waals surface area contributed by atoms with Crippen LogP contribution in [0.25, 0.3) is 10.9 Å². The van der Waals surface area contributed by atoms with E-state index in [9.17, 15) is 4.79 Å². The zero-order chi connectivity index (χ0) is 18.8. The molecule has 1 fully saturated rings. The molecule has 0 atom stereocenters. The SMILES string of the molecule is CCc1nn(C2CCCC2)c2cc(C(=O)Nc3cccc(OC)c3)ccc12. The van der Waals surface area contributed by atoms with Gasteiger partial charge in [0.1, 0.15) is 5.75 Å². The van der Waals surface area contributed by atoms with Gasteiger partial charge in [-0.05, 0) is 43.5 Å². The number of amides is 1. The number of nitrogens with one attached hydrogen (secondary N) is 1. The van der Waals surface area contributed by atoms with E-state index < -0.39 is 0 Å². The van der Waals surface area contributed by atoms with Crippen molar-refractivity contribution in [1.82, 2.24) is 9.78 Å². The molecule has 1 aromatic heterocycles. The van der Waals surface area contributed by atoms with Crippen molar-refractivity contribution in [3.05, 3.63) is 53.7 Å². The third-order valence-electron chi connectivity index (χ3n) is 5.38.